The number of ether oxygens (including phenoxy) is 1. The molecule has 1 aliphatic rings. The molecule has 27 heavy (non-hydrogen) atoms. The predicted molar refractivity (Wildman–Crippen MR) is 130 cm³/mol. The molecule has 7 heteroatoms. The molecule has 140 valence electrons. The molecule has 0 saturated carbocycles. The lowest BCUT2D eigenvalue weighted by Gasteiger charge is -2.19. The third-order valence-corrected chi connectivity index (χ3v) is 6.44. The Hall–Kier alpha value is -1.07. The molecule has 0 unspecified atom stereocenters. The van der Waals surface area contributed by atoms with Gasteiger partial charge in [-0.2, -0.15) is 0 Å². The van der Waals surface area contributed by atoms with Crippen LogP contribution in [0.15, 0.2) is 52.4 Å². The molecule has 2 aromatic carbocycles. The average molecular weight is 604 g/mol. The van der Waals surface area contributed by atoms with Crippen molar-refractivity contribution in [2.24, 2.45) is 4.99 Å². The van der Waals surface area contributed by atoms with Gasteiger partial charge in [-0.3, -0.25) is 9.69 Å². The van der Waals surface area contributed by atoms with Gasteiger partial charge in [0.2, 0.25) is 0 Å². The molecule has 0 spiro atoms. The van der Waals surface area contributed by atoms with Crippen LogP contribution in [0.4, 0.5) is 5.69 Å². The Morgan fingerprint density at radius 2 is 1.78 bits per heavy atom. The molecule has 1 saturated heterocycles. The van der Waals surface area contributed by atoms with Crippen molar-refractivity contribution in [1.82, 2.24) is 4.90 Å². The second kappa shape index (κ2) is 8.95. The largest absolute Gasteiger partial charge is 0.495 e. The van der Waals surface area contributed by atoms with Gasteiger partial charge in [0.05, 0.1) is 24.8 Å². The van der Waals surface area contributed by atoms with E-state index in [1.54, 1.807) is 12.0 Å². The molecule has 0 aromatic heterocycles. The molecule has 0 bridgehead atoms. The maximum absolute atomic E-state index is 13.0. The third kappa shape index (κ3) is 4.68. The van der Waals surface area contributed by atoms with Crippen LogP contribution in [-0.2, 0) is 4.79 Å². The van der Waals surface area contributed by atoms with Crippen molar-refractivity contribution < 1.29 is 9.53 Å². The quantitative estimate of drug-likeness (QED) is 0.322. The van der Waals surface area contributed by atoms with Gasteiger partial charge in [0.25, 0.3) is 5.91 Å². The minimum Gasteiger partial charge on any atom is -0.495 e. The van der Waals surface area contributed by atoms with Gasteiger partial charge in [-0.15, -0.1) is 0 Å². The maximum atomic E-state index is 13.0. The third-order valence-electron chi connectivity index (χ3n) is 3.86. The zero-order chi connectivity index (χ0) is 19.6. The van der Waals surface area contributed by atoms with E-state index in [0.29, 0.717) is 10.1 Å². The van der Waals surface area contributed by atoms with E-state index in [2.05, 4.69) is 50.2 Å². The van der Waals surface area contributed by atoms with E-state index in [4.69, 9.17) is 4.74 Å². The summed E-state index contributed by atoms with van der Waals surface area (Å²) in [6, 6.07) is 13.8. The summed E-state index contributed by atoms with van der Waals surface area (Å²) in [4.78, 5) is 20.1. The molecule has 3 rings (SSSR count). The first-order valence-corrected chi connectivity index (χ1v) is 11.3. The highest BCUT2D eigenvalue weighted by Gasteiger charge is 2.35. The molecule has 1 heterocycles. The van der Waals surface area contributed by atoms with E-state index in [9.17, 15) is 4.79 Å². The Labute approximate surface area is 190 Å². The molecule has 1 amide bonds. The van der Waals surface area contributed by atoms with Crippen LogP contribution in [0, 0.1) is 7.14 Å². The van der Waals surface area contributed by atoms with Gasteiger partial charge in [0, 0.05) is 6.04 Å². The number of aliphatic imine (C=N–C) groups is 1. The summed E-state index contributed by atoms with van der Waals surface area (Å²) in [7, 11) is 1.67. The number of hydrogen-bond donors (Lipinski definition) is 0. The zero-order valence-corrected chi connectivity index (χ0v) is 20.2. The molecule has 1 aliphatic heterocycles. The van der Waals surface area contributed by atoms with Crippen molar-refractivity contribution >= 4 is 79.8 Å². The summed E-state index contributed by atoms with van der Waals surface area (Å²) in [5.74, 6) is 0.851. The first kappa shape index (κ1) is 20.7. The number of carbonyl (C=O) groups excluding carboxylic acids is 1. The average Bonchev–Trinajstić information content (AvgIpc) is 2.91. The highest BCUT2D eigenvalue weighted by atomic mass is 127. The molecule has 1 fully saturated rings. The van der Waals surface area contributed by atoms with E-state index >= 15 is 0 Å². The van der Waals surface area contributed by atoms with Crippen molar-refractivity contribution in [3.05, 3.63) is 60.1 Å². The summed E-state index contributed by atoms with van der Waals surface area (Å²) in [5, 5.41) is 0.713. The fourth-order valence-electron chi connectivity index (χ4n) is 2.64. The van der Waals surface area contributed by atoms with Crippen molar-refractivity contribution in [2.45, 2.75) is 19.9 Å². The normalized spacial score (nSPS) is 17.4. The van der Waals surface area contributed by atoms with Gasteiger partial charge in [-0.25, -0.2) is 4.99 Å². The Morgan fingerprint density at radius 3 is 2.33 bits per heavy atom. The number of carbonyl (C=O) groups is 1. The minimum absolute atomic E-state index is 0.00878. The summed E-state index contributed by atoms with van der Waals surface area (Å²) in [6.45, 7) is 4.00. The predicted octanol–water partition coefficient (Wildman–Crippen LogP) is 5.92. The van der Waals surface area contributed by atoms with Crippen LogP contribution in [-0.4, -0.2) is 29.1 Å². The Morgan fingerprint density at radius 1 is 1.15 bits per heavy atom. The topological polar surface area (TPSA) is 41.9 Å². The first-order chi connectivity index (χ1) is 12.9. The lowest BCUT2D eigenvalue weighted by Crippen LogP contribution is -2.35. The van der Waals surface area contributed by atoms with Crippen molar-refractivity contribution in [3.8, 4) is 5.75 Å². The standard InChI is InChI=1S/C20H18I2N2O2S/c1-12(2)24-19(25)17(27-20(24)23-14-7-5-4-6-8-14)11-13-9-15(21)18(26-3)16(22)10-13/h4-12H,1-3H3/b17-11+,23-20?. The lowest BCUT2D eigenvalue weighted by atomic mass is 10.2. The molecular weight excluding hydrogens is 586 g/mol. The van der Waals surface area contributed by atoms with Gasteiger partial charge >= 0.3 is 0 Å². The number of halogens is 2. The summed E-state index contributed by atoms with van der Waals surface area (Å²) in [6.07, 6.45) is 1.93. The molecule has 4 nitrogen and oxygen atoms in total. The second-order valence-electron chi connectivity index (χ2n) is 6.13. The number of amidine groups is 1. The number of amides is 1. The summed E-state index contributed by atoms with van der Waals surface area (Å²) < 4.78 is 7.45. The van der Waals surface area contributed by atoms with Gasteiger partial charge in [0.15, 0.2) is 5.17 Å². The van der Waals surface area contributed by atoms with Crippen molar-refractivity contribution in [2.75, 3.05) is 7.11 Å². The smallest absolute Gasteiger partial charge is 0.266 e. The fourth-order valence-corrected chi connectivity index (χ4v) is 6.02. The number of para-hydroxylation sites is 1. The Kier molecular flexibility index (Phi) is 6.85. The number of hydrogen-bond acceptors (Lipinski definition) is 4. The van der Waals surface area contributed by atoms with Gasteiger partial charge in [0.1, 0.15) is 5.75 Å². The minimum atomic E-state index is -0.00878. The fraction of sp³-hybridized carbons (Fsp3) is 0.200. The van der Waals surface area contributed by atoms with E-state index < -0.39 is 0 Å². The molecule has 0 atom stereocenters. The SMILES string of the molecule is COc1c(I)cc(/C=C2/SC(=Nc3ccccc3)N(C(C)C)C2=O)cc1I. The van der Waals surface area contributed by atoms with Gasteiger partial charge in [-0.05, 0) is 107 Å². The summed E-state index contributed by atoms with van der Waals surface area (Å²) in [5.41, 5.74) is 1.82. The van der Waals surface area contributed by atoms with Crippen molar-refractivity contribution in [3.63, 3.8) is 0 Å². The molecule has 2 aromatic rings. The molecule has 0 N–H and O–H groups in total. The first-order valence-electron chi connectivity index (χ1n) is 8.30. The number of methoxy groups -OCH3 is 1. The molecule has 0 radical (unpaired) electrons. The highest BCUT2D eigenvalue weighted by Crippen LogP contribution is 2.36. The van der Waals surface area contributed by atoms with Crippen molar-refractivity contribution in [1.29, 1.82) is 0 Å². The van der Waals surface area contributed by atoms with Crippen LogP contribution in [0.25, 0.3) is 6.08 Å². The second-order valence-corrected chi connectivity index (χ2v) is 9.46. The molecule has 0 aliphatic carbocycles. The van der Waals surface area contributed by atoms with E-state index in [-0.39, 0.29) is 11.9 Å². The van der Waals surface area contributed by atoms with Crippen LogP contribution in [0.1, 0.15) is 19.4 Å². The van der Waals surface area contributed by atoms with Crippen LogP contribution in [0.2, 0.25) is 0 Å². The summed E-state index contributed by atoms with van der Waals surface area (Å²) >= 11 is 5.92. The Balaban J connectivity index is 1.99. The van der Waals surface area contributed by atoms with E-state index in [1.165, 1.54) is 11.8 Å². The van der Waals surface area contributed by atoms with Gasteiger partial charge in [-0.1, -0.05) is 18.2 Å². The van der Waals surface area contributed by atoms with E-state index in [0.717, 1.165) is 24.1 Å². The number of thioether (sulfide) groups is 1. The van der Waals surface area contributed by atoms with E-state index in [1.807, 2.05) is 62.4 Å². The van der Waals surface area contributed by atoms with Crippen LogP contribution < -0.4 is 4.74 Å². The monoisotopic (exact) mass is 604 g/mol. The number of nitrogens with zero attached hydrogens (tertiary/aromatic N) is 2. The van der Waals surface area contributed by atoms with Crippen LogP contribution in [0.5, 0.6) is 5.75 Å². The Bertz CT molecular complexity index is 904. The molecular formula is C20H18I2N2O2S. The van der Waals surface area contributed by atoms with Crippen LogP contribution in [0.3, 0.4) is 0 Å². The lowest BCUT2D eigenvalue weighted by molar-refractivity contribution is -0.123. The maximum Gasteiger partial charge on any atom is 0.266 e. The van der Waals surface area contributed by atoms with Crippen LogP contribution >= 0.6 is 56.9 Å². The number of benzene rings is 2. The van der Waals surface area contributed by atoms with Gasteiger partial charge < -0.3 is 4.74 Å². The number of rotatable bonds is 4. The highest BCUT2D eigenvalue weighted by molar-refractivity contribution is 14.1. The zero-order valence-electron chi connectivity index (χ0n) is 15.1.